The van der Waals surface area contributed by atoms with Gasteiger partial charge in [-0.1, -0.05) is 35.9 Å². The second-order valence-corrected chi connectivity index (χ2v) is 6.32. The molecule has 3 nitrogen and oxygen atoms in total. The van der Waals surface area contributed by atoms with Crippen molar-refractivity contribution in [3.05, 3.63) is 69.5 Å². The second-order valence-electron chi connectivity index (χ2n) is 6.32. The molecule has 1 heterocycles. The monoisotopic (exact) mass is 316 g/mol. The second kappa shape index (κ2) is 6.33. The van der Waals surface area contributed by atoms with Crippen LogP contribution in [0.4, 0.5) is 0 Å². The first kappa shape index (κ1) is 16.0. The van der Waals surface area contributed by atoms with E-state index in [0.717, 1.165) is 33.2 Å². The topological polar surface area (TPSA) is 45.8 Å². The smallest absolute Gasteiger partial charge is 0.197 e. The molecule has 0 radical (unpaired) electrons. The number of nitriles is 1. The van der Waals surface area contributed by atoms with Crippen molar-refractivity contribution in [1.29, 1.82) is 5.26 Å². The number of aryl methyl sites for hydroxylation is 4. The Kier molecular flexibility index (Phi) is 4.22. The molecule has 0 unspecified atom stereocenters. The number of benzene rings is 2. The van der Waals surface area contributed by atoms with Crippen molar-refractivity contribution in [1.82, 2.24) is 4.57 Å². The van der Waals surface area contributed by atoms with Crippen molar-refractivity contribution in [2.75, 3.05) is 0 Å². The zero-order valence-electron chi connectivity index (χ0n) is 14.3. The van der Waals surface area contributed by atoms with Crippen LogP contribution in [0.25, 0.3) is 22.0 Å². The molecule has 0 amide bonds. The van der Waals surface area contributed by atoms with Crippen LogP contribution in [0.15, 0.2) is 47.4 Å². The van der Waals surface area contributed by atoms with E-state index < -0.39 is 0 Å². The average Bonchev–Trinajstić information content (AvgIpc) is 2.54. The summed E-state index contributed by atoms with van der Waals surface area (Å²) in [5.74, 6) is 0. The molecule has 0 atom stereocenters. The summed E-state index contributed by atoms with van der Waals surface area (Å²) >= 11 is 0. The van der Waals surface area contributed by atoms with Crippen molar-refractivity contribution in [2.24, 2.45) is 0 Å². The van der Waals surface area contributed by atoms with Gasteiger partial charge in [0, 0.05) is 23.7 Å². The predicted molar refractivity (Wildman–Crippen MR) is 98.1 cm³/mol. The van der Waals surface area contributed by atoms with Gasteiger partial charge in [-0.3, -0.25) is 4.79 Å². The summed E-state index contributed by atoms with van der Waals surface area (Å²) < 4.78 is 2.04. The van der Waals surface area contributed by atoms with Crippen molar-refractivity contribution in [3.8, 4) is 17.2 Å². The summed E-state index contributed by atoms with van der Waals surface area (Å²) in [6, 6.07) is 14.3. The Balaban J connectivity index is 2.35. The predicted octanol–water partition coefficient (Wildman–Crippen LogP) is 4.51. The van der Waals surface area contributed by atoms with Crippen LogP contribution in [0.3, 0.4) is 0 Å². The maximum absolute atomic E-state index is 13.1. The van der Waals surface area contributed by atoms with Gasteiger partial charge in [0.15, 0.2) is 5.43 Å². The molecule has 0 fully saturated rings. The Morgan fingerprint density at radius 1 is 1.04 bits per heavy atom. The van der Waals surface area contributed by atoms with Crippen LogP contribution >= 0.6 is 0 Å². The maximum atomic E-state index is 13.1. The molecule has 0 bridgehead atoms. The summed E-state index contributed by atoms with van der Waals surface area (Å²) in [5.41, 5.74) is 5.83. The van der Waals surface area contributed by atoms with Crippen LogP contribution in [0.5, 0.6) is 0 Å². The maximum Gasteiger partial charge on any atom is 0.197 e. The lowest BCUT2D eigenvalue weighted by Crippen LogP contribution is -2.13. The van der Waals surface area contributed by atoms with E-state index in [1.54, 1.807) is 0 Å². The molecule has 0 saturated heterocycles. The van der Waals surface area contributed by atoms with Crippen LogP contribution in [-0.2, 0) is 6.54 Å². The van der Waals surface area contributed by atoms with Gasteiger partial charge in [0.25, 0.3) is 0 Å². The lowest BCUT2D eigenvalue weighted by atomic mass is 9.99. The van der Waals surface area contributed by atoms with E-state index in [1.165, 1.54) is 0 Å². The largest absolute Gasteiger partial charge is 0.346 e. The first-order valence-electron chi connectivity index (χ1n) is 8.09. The molecule has 2 aromatic carbocycles. The lowest BCUT2D eigenvalue weighted by Gasteiger charge is -2.15. The lowest BCUT2D eigenvalue weighted by molar-refractivity contribution is 0.737. The normalized spacial score (nSPS) is 10.8. The number of pyridine rings is 1. The van der Waals surface area contributed by atoms with E-state index in [0.29, 0.717) is 18.5 Å². The molecular formula is C21H20N2O. The molecule has 0 N–H and O–H groups in total. The van der Waals surface area contributed by atoms with Crippen molar-refractivity contribution in [2.45, 2.75) is 33.7 Å². The molecule has 3 aromatic rings. The standard InChI is InChI=1S/C21H20N2O/c1-14-5-7-17(8-6-14)18-13-23(10-4-9-22)19-12-15(2)11-16(3)20(19)21(18)24/h5-8,11-13H,4,10H2,1-3H3. The number of fused-ring (bicyclic) bond motifs is 1. The minimum Gasteiger partial charge on any atom is -0.346 e. The van der Waals surface area contributed by atoms with Crippen LogP contribution in [0, 0.1) is 32.1 Å². The summed E-state index contributed by atoms with van der Waals surface area (Å²) in [5, 5.41) is 9.70. The molecule has 0 aliphatic rings. The van der Waals surface area contributed by atoms with E-state index in [2.05, 4.69) is 6.07 Å². The highest BCUT2D eigenvalue weighted by Gasteiger charge is 2.13. The third-order valence-corrected chi connectivity index (χ3v) is 4.35. The quantitative estimate of drug-likeness (QED) is 0.714. The van der Waals surface area contributed by atoms with Crippen LogP contribution in [-0.4, -0.2) is 4.57 Å². The SMILES string of the molecule is Cc1ccc(-c2cn(CCC#N)c3cc(C)cc(C)c3c2=O)cc1. The van der Waals surface area contributed by atoms with E-state index in [9.17, 15) is 4.79 Å². The number of aromatic nitrogens is 1. The van der Waals surface area contributed by atoms with Crippen LogP contribution in [0.2, 0.25) is 0 Å². The van der Waals surface area contributed by atoms with Gasteiger partial charge in [0.2, 0.25) is 0 Å². The highest BCUT2D eigenvalue weighted by molar-refractivity contribution is 5.87. The Bertz CT molecular complexity index is 1010. The molecule has 3 rings (SSSR count). The van der Waals surface area contributed by atoms with Crippen LogP contribution in [0.1, 0.15) is 23.1 Å². The van der Waals surface area contributed by atoms with Crippen molar-refractivity contribution < 1.29 is 0 Å². The zero-order valence-corrected chi connectivity index (χ0v) is 14.3. The third kappa shape index (κ3) is 2.83. The Morgan fingerprint density at radius 3 is 2.42 bits per heavy atom. The highest BCUT2D eigenvalue weighted by atomic mass is 16.1. The molecule has 0 aliphatic carbocycles. The third-order valence-electron chi connectivity index (χ3n) is 4.35. The fourth-order valence-electron chi connectivity index (χ4n) is 3.18. The minimum atomic E-state index is 0.0551. The van der Waals surface area contributed by atoms with Crippen molar-refractivity contribution in [3.63, 3.8) is 0 Å². The van der Waals surface area contributed by atoms with Gasteiger partial charge in [-0.2, -0.15) is 5.26 Å². The summed E-state index contributed by atoms with van der Waals surface area (Å²) in [6.45, 7) is 6.61. The van der Waals surface area contributed by atoms with Crippen LogP contribution < -0.4 is 5.43 Å². The molecule has 0 saturated carbocycles. The molecule has 120 valence electrons. The van der Waals surface area contributed by atoms with Gasteiger partial charge in [-0.15, -0.1) is 0 Å². The Labute approximate surface area is 141 Å². The van der Waals surface area contributed by atoms with Gasteiger partial charge >= 0.3 is 0 Å². The summed E-state index contributed by atoms with van der Waals surface area (Å²) in [6.07, 6.45) is 2.31. The number of hydrogen-bond donors (Lipinski definition) is 0. The van der Waals surface area contributed by atoms with Gasteiger partial charge in [-0.05, 0) is 43.5 Å². The number of rotatable bonds is 3. The van der Waals surface area contributed by atoms with Gasteiger partial charge < -0.3 is 4.57 Å². The Hall–Kier alpha value is -2.86. The van der Waals surface area contributed by atoms with Gasteiger partial charge in [0.1, 0.15) is 0 Å². The molecule has 1 aromatic heterocycles. The molecule has 24 heavy (non-hydrogen) atoms. The fourth-order valence-corrected chi connectivity index (χ4v) is 3.18. The van der Waals surface area contributed by atoms with E-state index in [1.807, 2.05) is 67.9 Å². The first-order valence-corrected chi connectivity index (χ1v) is 8.09. The fraction of sp³-hybridized carbons (Fsp3) is 0.238. The highest BCUT2D eigenvalue weighted by Crippen LogP contribution is 2.24. The van der Waals surface area contributed by atoms with Crippen molar-refractivity contribution >= 4 is 10.9 Å². The van der Waals surface area contributed by atoms with E-state index in [-0.39, 0.29) is 5.43 Å². The average molecular weight is 316 g/mol. The van der Waals surface area contributed by atoms with E-state index >= 15 is 0 Å². The Morgan fingerprint density at radius 2 is 1.75 bits per heavy atom. The zero-order chi connectivity index (χ0) is 17.3. The van der Waals surface area contributed by atoms with Gasteiger partial charge in [0.05, 0.1) is 18.0 Å². The molecule has 0 spiro atoms. The molecule has 3 heteroatoms. The summed E-state index contributed by atoms with van der Waals surface area (Å²) in [7, 11) is 0. The minimum absolute atomic E-state index is 0.0551. The molecular weight excluding hydrogens is 296 g/mol. The first-order chi connectivity index (χ1) is 11.5. The molecule has 0 aliphatic heterocycles. The number of nitrogens with zero attached hydrogens (tertiary/aromatic N) is 2. The van der Waals surface area contributed by atoms with Gasteiger partial charge in [-0.25, -0.2) is 0 Å². The summed E-state index contributed by atoms with van der Waals surface area (Å²) in [4.78, 5) is 13.1. The number of hydrogen-bond acceptors (Lipinski definition) is 2. The van der Waals surface area contributed by atoms with E-state index in [4.69, 9.17) is 5.26 Å².